The number of hydrogen-bond acceptors (Lipinski definition) is 6. The molecule has 8 nitrogen and oxygen atoms in total. The zero-order valence-electron chi connectivity index (χ0n) is 18.9. The number of non-ortho nitro benzene ring substituents is 1. The lowest BCUT2D eigenvalue weighted by atomic mass is 9.85. The average molecular weight is 437 g/mol. The van der Waals surface area contributed by atoms with Gasteiger partial charge in [-0.1, -0.05) is 13.0 Å². The minimum atomic E-state index is -0.435. The Bertz CT molecular complexity index is 1080. The maximum Gasteiger partial charge on any atom is 0.269 e. The van der Waals surface area contributed by atoms with Gasteiger partial charge in [0, 0.05) is 30.5 Å². The van der Waals surface area contributed by atoms with Gasteiger partial charge in [0.1, 0.15) is 0 Å². The summed E-state index contributed by atoms with van der Waals surface area (Å²) in [4.78, 5) is 22.9. The molecule has 2 aromatic carbocycles. The Hall–Kier alpha value is -3.68. The predicted octanol–water partition coefficient (Wildman–Crippen LogP) is 4.77. The molecule has 0 spiro atoms. The van der Waals surface area contributed by atoms with E-state index in [2.05, 4.69) is 6.92 Å². The third kappa shape index (κ3) is 4.49. The van der Waals surface area contributed by atoms with E-state index in [-0.39, 0.29) is 23.6 Å². The standard InChI is InChI=1S/C24H27N3O5/c1-6-19-15(2)26(16(3)28)25-22(12-9-17-7-10-18(11-8-17)27(29)30)21-14-24(32-5)23(31-4)13-20(19)21/h7-15,19H,6H2,1-5H3/b12-9+. The number of hydrazone groups is 1. The molecule has 0 aliphatic carbocycles. The fourth-order valence-corrected chi connectivity index (χ4v) is 4.04. The van der Waals surface area contributed by atoms with Gasteiger partial charge in [0.2, 0.25) is 5.91 Å². The lowest BCUT2D eigenvalue weighted by Gasteiger charge is -2.29. The largest absolute Gasteiger partial charge is 0.493 e. The molecule has 0 N–H and O–H groups in total. The molecule has 2 aromatic rings. The van der Waals surface area contributed by atoms with Crippen molar-refractivity contribution in [2.24, 2.45) is 5.10 Å². The van der Waals surface area contributed by atoms with E-state index in [9.17, 15) is 14.9 Å². The number of rotatable bonds is 6. The van der Waals surface area contributed by atoms with Crippen LogP contribution in [0.15, 0.2) is 47.6 Å². The summed E-state index contributed by atoms with van der Waals surface area (Å²) in [7, 11) is 3.17. The number of carbonyl (C=O) groups excluding carboxylic acids is 1. The zero-order chi connectivity index (χ0) is 23.4. The molecule has 1 aliphatic rings. The summed E-state index contributed by atoms with van der Waals surface area (Å²) >= 11 is 0. The second-order valence-electron chi connectivity index (χ2n) is 7.58. The molecule has 168 valence electrons. The highest BCUT2D eigenvalue weighted by Crippen LogP contribution is 2.39. The van der Waals surface area contributed by atoms with Crippen molar-refractivity contribution >= 4 is 23.4 Å². The molecule has 1 heterocycles. The molecule has 1 amide bonds. The molecular weight excluding hydrogens is 410 g/mol. The van der Waals surface area contributed by atoms with E-state index < -0.39 is 4.92 Å². The number of amides is 1. The lowest BCUT2D eigenvalue weighted by molar-refractivity contribution is -0.384. The Morgan fingerprint density at radius 1 is 1.16 bits per heavy atom. The maximum atomic E-state index is 12.4. The van der Waals surface area contributed by atoms with Crippen LogP contribution in [0.5, 0.6) is 11.5 Å². The molecule has 0 saturated carbocycles. The number of carbonyl (C=O) groups is 1. The second kappa shape index (κ2) is 9.64. The molecule has 1 aliphatic heterocycles. The van der Waals surface area contributed by atoms with Gasteiger partial charge in [-0.2, -0.15) is 5.10 Å². The normalized spacial score (nSPS) is 18.0. The van der Waals surface area contributed by atoms with Gasteiger partial charge < -0.3 is 9.47 Å². The van der Waals surface area contributed by atoms with Gasteiger partial charge in [-0.3, -0.25) is 14.9 Å². The first kappa shape index (κ1) is 23.0. The minimum absolute atomic E-state index is 0.0264. The number of methoxy groups -OCH3 is 2. The van der Waals surface area contributed by atoms with Crippen LogP contribution in [0.2, 0.25) is 0 Å². The Labute approximate surface area is 187 Å². The van der Waals surface area contributed by atoms with Gasteiger partial charge >= 0.3 is 0 Å². The monoisotopic (exact) mass is 437 g/mol. The number of ether oxygens (including phenoxy) is 2. The van der Waals surface area contributed by atoms with Crippen molar-refractivity contribution in [3.63, 3.8) is 0 Å². The van der Waals surface area contributed by atoms with Crippen molar-refractivity contribution in [3.05, 3.63) is 69.3 Å². The summed E-state index contributed by atoms with van der Waals surface area (Å²) in [6.07, 6.45) is 4.44. The summed E-state index contributed by atoms with van der Waals surface area (Å²) in [5, 5.41) is 17.1. The van der Waals surface area contributed by atoms with Gasteiger partial charge in [-0.05, 0) is 54.8 Å². The first-order valence-corrected chi connectivity index (χ1v) is 10.4. The van der Waals surface area contributed by atoms with E-state index in [1.165, 1.54) is 24.1 Å². The van der Waals surface area contributed by atoms with Crippen LogP contribution in [0.4, 0.5) is 5.69 Å². The number of nitrogens with zero attached hydrogens (tertiary/aromatic N) is 3. The molecule has 0 saturated heterocycles. The number of hydrogen-bond donors (Lipinski definition) is 0. The van der Waals surface area contributed by atoms with Gasteiger partial charge in [-0.15, -0.1) is 0 Å². The summed E-state index contributed by atoms with van der Waals surface area (Å²) in [5.41, 5.74) is 3.27. The van der Waals surface area contributed by atoms with Crippen LogP contribution in [-0.2, 0) is 4.79 Å². The maximum absolute atomic E-state index is 12.4. The van der Waals surface area contributed by atoms with Gasteiger partial charge in [0.05, 0.1) is 30.9 Å². The van der Waals surface area contributed by atoms with Crippen LogP contribution in [-0.4, -0.2) is 41.8 Å². The first-order valence-electron chi connectivity index (χ1n) is 10.4. The quantitative estimate of drug-likeness (QED) is 0.479. The van der Waals surface area contributed by atoms with E-state index in [0.717, 1.165) is 23.1 Å². The summed E-state index contributed by atoms with van der Waals surface area (Å²) < 4.78 is 11.0. The van der Waals surface area contributed by atoms with E-state index >= 15 is 0 Å². The number of nitro groups is 1. The molecule has 8 heteroatoms. The van der Waals surface area contributed by atoms with E-state index in [0.29, 0.717) is 17.2 Å². The van der Waals surface area contributed by atoms with Crippen LogP contribution in [0.3, 0.4) is 0 Å². The van der Waals surface area contributed by atoms with Gasteiger partial charge in [-0.25, -0.2) is 5.01 Å². The molecule has 0 radical (unpaired) electrons. The molecular formula is C24H27N3O5. The fraction of sp³-hybridized carbons (Fsp3) is 0.333. The molecule has 0 fully saturated rings. The third-order valence-corrected chi connectivity index (χ3v) is 5.71. The highest BCUT2D eigenvalue weighted by molar-refractivity contribution is 6.12. The van der Waals surface area contributed by atoms with Crippen LogP contribution in [0, 0.1) is 10.1 Å². The van der Waals surface area contributed by atoms with Crippen molar-refractivity contribution in [2.75, 3.05) is 14.2 Å². The molecule has 0 aromatic heterocycles. The van der Waals surface area contributed by atoms with Crippen LogP contribution in [0.1, 0.15) is 49.8 Å². The number of allylic oxidation sites excluding steroid dienone is 1. The minimum Gasteiger partial charge on any atom is -0.493 e. The number of benzene rings is 2. The second-order valence-corrected chi connectivity index (χ2v) is 7.58. The number of nitro benzene ring substituents is 1. The van der Waals surface area contributed by atoms with E-state index in [4.69, 9.17) is 14.6 Å². The third-order valence-electron chi connectivity index (χ3n) is 5.71. The molecule has 2 atom stereocenters. The smallest absolute Gasteiger partial charge is 0.269 e. The van der Waals surface area contributed by atoms with Crippen molar-refractivity contribution in [1.29, 1.82) is 0 Å². The van der Waals surface area contributed by atoms with Crippen molar-refractivity contribution in [3.8, 4) is 11.5 Å². The average Bonchev–Trinajstić information content (AvgIpc) is 2.90. The summed E-state index contributed by atoms with van der Waals surface area (Å²) in [6, 6.07) is 9.92. The topological polar surface area (TPSA) is 94.3 Å². The van der Waals surface area contributed by atoms with Gasteiger partial charge in [0.25, 0.3) is 5.69 Å². The molecule has 2 unspecified atom stereocenters. The van der Waals surface area contributed by atoms with Gasteiger partial charge in [0.15, 0.2) is 11.5 Å². The zero-order valence-corrected chi connectivity index (χ0v) is 18.9. The van der Waals surface area contributed by atoms with E-state index in [1.54, 1.807) is 26.4 Å². The molecule has 3 rings (SSSR count). The Balaban J connectivity index is 2.16. The predicted molar refractivity (Wildman–Crippen MR) is 123 cm³/mol. The number of fused-ring (bicyclic) bond motifs is 1. The molecule has 0 bridgehead atoms. The fourth-order valence-electron chi connectivity index (χ4n) is 4.04. The van der Waals surface area contributed by atoms with Crippen molar-refractivity contribution in [1.82, 2.24) is 5.01 Å². The lowest BCUT2D eigenvalue weighted by Crippen LogP contribution is -2.36. The Morgan fingerprint density at radius 3 is 2.31 bits per heavy atom. The highest BCUT2D eigenvalue weighted by atomic mass is 16.6. The van der Waals surface area contributed by atoms with E-state index in [1.807, 2.05) is 31.2 Å². The van der Waals surface area contributed by atoms with Crippen LogP contribution < -0.4 is 9.47 Å². The Kier molecular flexibility index (Phi) is 6.92. The van der Waals surface area contributed by atoms with Crippen molar-refractivity contribution in [2.45, 2.75) is 39.2 Å². The molecule has 32 heavy (non-hydrogen) atoms. The first-order chi connectivity index (χ1) is 15.3. The Morgan fingerprint density at radius 2 is 1.78 bits per heavy atom. The van der Waals surface area contributed by atoms with Crippen molar-refractivity contribution < 1.29 is 19.2 Å². The van der Waals surface area contributed by atoms with Crippen LogP contribution in [0.25, 0.3) is 6.08 Å². The SMILES string of the molecule is CCC1c2cc(OC)c(OC)cc2C(/C=C/c2ccc([N+](=O)[O-])cc2)=NN(C(C)=O)C1C. The highest BCUT2D eigenvalue weighted by Gasteiger charge is 2.32. The van der Waals surface area contributed by atoms with Crippen LogP contribution >= 0.6 is 0 Å². The summed E-state index contributed by atoms with van der Waals surface area (Å²) in [5.74, 6) is 1.08. The summed E-state index contributed by atoms with van der Waals surface area (Å²) in [6.45, 7) is 5.57.